The number of hydrogen-bond acceptors (Lipinski definition) is 4. The fraction of sp³-hybridized carbons (Fsp3) is 0.750. The van der Waals surface area contributed by atoms with Crippen LogP contribution in [0.1, 0.15) is 26.7 Å². The van der Waals surface area contributed by atoms with Gasteiger partial charge in [-0.15, -0.1) is 0 Å². The Kier molecular flexibility index (Phi) is 5.32. The van der Waals surface area contributed by atoms with Crippen LogP contribution in [0.2, 0.25) is 0 Å². The highest BCUT2D eigenvalue weighted by atomic mass is 16.5. The first-order chi connectivity index (χ1) is 9.21. The smallest absolute Gasteiger partial charge is 0.318 e. The maximum Gasteiger partial charge on any atom is 0.318 e. The van der Waals surface area contributed by atoms with E-state index in [2.05, 4.69) is 5.32 Å². The molecule has 0 aromatic heterocycles. The third kappa shape index (κ3) is 5.04. The van der Waals surface area contributed by atoms with E-state index in [9.17, 15) is 14.4 Å². The minimum atomic E-state index is -0.991. The molecule has 1 saturated heterocycles. The van der Waals surface area contributed by atoms with Gasteiger partial charge in [-0.1, -0.05) is 0 Å². The second-order valence-electron chi connectivity index (χ2n) is 5.48. The number of urea groups is 1. The van der Waals surface area contributed by atoms with Gasteiger partial charge in [0.1, 0.15) is 0 Å². The second-order valence-corrected chi connectivity index (χ2v) is 5.48. The van der Waals surface area contributed by atoms with Gasteiger partial charge in [-0.25, -0.2) is 4.79 Å². The van der Waals surface area contributed by atoms with E-state index in [1.54, 1.807) is 13.8 Å². The number of nitrogens with zero attached hydrogens (tertiary/aromatic N) is 1. The van der Waals surface area contributed by atoms with Crippen LogP contribution in [0.4, 0.5) is 4.79 Å². The van der Waals surface area contributed by atoms with Crippen LogP contribution in [0.25, 0.3) is 0 Å². The zero-order valence-electron chi connectivity index (χ0n) is 11.7. The van der Waals surface area contributed by atoms with Crippen LogP contribution in [-0.4, -0.2) is 59.3 Å². The Morgan fingerprint density at radius 1 is 1.45 bits per heavy atom. The normalized spacial score (nSPS) is 19.5. The van der Waals surface area contributed by atoms with E-state index >= 15 is 0 Å². The minimum Gasteiger partial charge on any atom is -0.481 e. The molecule has 0 radical (unpaired) electrons. The predicted molar refractivity (Wildman–Crippen MR) is 70.0 cm³/mol. The van der Waals surface area contributed by atoms with Gasteiger partial charge in [-0.3, -0.25) is 9.59 Å². The van der Waals surface area contributed by atoms with E-state index in [0.717, 1.165) is 0 Å². The molecule has 1 aliphatic rings. The lowest BCUT2D eigenvalue weighted by atomic mass is 10.0. The van der Waals surface area contributed by atoms with Gasteiger partial charge >= 0.3 is 12.0 Å². The van der Waals surface area contributed by atoms with Gasteiger partial charge in [-0.05, 0) is 13.8 Å². The molecule has 0 saturated carbocycles. The molecule has 1 heterocycles. The first kappa shape index (κ1) is 16.2. The molecule has 4 N–H and O–H groups in total. The van der Waals surface area contributed by atoms with Crippen molar-refractivity contribution in [2.45, 2.75) is 38.3 Å². The number of nitrogens with two attached hydrogens (primary N) is 1. The zero-order chi connectivity index (χ0) is 15.3. The van der Waals surface area contributed by atoms with Crippen LogP contribution < -0.4 is 11.1 Å². The Labute approximate surface area is 117 Å². The molecule has 1 aliphatic heterocycles. The summed E-state index contributed by atoms with van der Waals surface area (Å²) in [6.45, 7) is 4.23. The molecule has 1 rings (SSSR count). The highest BCUT2D eigenvalue weighted by molar-refractivity contribution is 5.79. The summed E-state index contributed by atoms with van der Waals surface area (Å²) in [6, 6.07) is -0.920. The van der Waals surface area contributed by atoms with E-state index in [1.807, 2.05) is 0 Å². The van der Waals surface area contributed by atoms with Crippen molar-refractivity contribution in [2.24, 2.45) is 5.73 Å². The third-order valence-corrected chi connectivity index (χ3v) is 2.96. The Morgan fingerprint density at radius 3 is 2.65 bits per heavy atom. The highest BCUT2D eigenvalue weighted by Gasteiger charge is 2.32. The average molecular weight is 287 g/mol. The largest absolute Gasteiger partial charge is 0.481 e. The minimum absolute atomic E-state index is 0.00662. The summed E-state index contributed by atoms with van der Waals surface area (Å²) in [7, 11) is 0. The van der Waals surface area contributed by atoms with E-state index in [-0.39, 0.29) is 19.4 Å². The van der Waals surface area contributed by atoms with Crippen molar-refractivity contribution in [3.8, 4) is 0 Å². The molecule has 1 atom stereocenters. The number of aliphatic carboxylic acids is 1. The van der Waals surface area contributed by atoms with Crippen molar-refractivity contribution < 1.29 is 24.2 Å². The van der Waals surface area contributed by atoms with E-state index in [0.29, 0.717) is 13.2 Å². The number of amides is 3. The van der Waals surface area contributed by atoms with Gasteiger partial charge in [0.15, 0.2) is 0 Å². The van der Waals surface area contributed by atoms with Crippen LogP contribution in [0, 0.1) is 0 Å². The zero-order valence-corrected chi connectivity index (χ0v) is 11.7. The number of ether oxygens (including phenoxy) is 1. The highest BCUT2D eigenvalue weighted by Crippen LogP contribution is 2.14. The van der Waals surface area contributed by atoms with E-state index in [1.165, 1.54) is 4.90 Å². The Morgan fingerprint density at radius 2 is 2.10 bits per heavy atom. The predicted octanol–water partition coefficient (Wildman–Crippen LogP) is -0.474. The molecule has 0 spiro atoms. The molecule has 8 heteroatoms. The van der Waals surface area contributed by atoms with Crippen molar-refractivity contribution in [3.05, 3.63) is 0 Å². The van der Waals surface area contributed by atoms with Crippen molar-refractivity contribution in [1.82, 2.24) is 10.2 Å². The monoisotopic (exact) mass is 287 g/mol. The molecule has 1 fully saturated rings. The number of rotatable bonds is 5. The van der Waals surface area contributed by atoms with Crippen LogP contribution in [0.5, 0.6) is 0 Å². The molecule has 114 valence electrons. The molecule has 3 amide bonds. The summed E-state index contributed by atoms with van der Waals surface area (Å²) in [5.74, 6) is -1.51. The van der Waals surface area contributed by atoms with Gasteiger partial charge < -0.3 is 25.8 Å². The van der Waals surface area contributed by atoms with Crippen molar-refractivity contribution >= 4 is 17.9 Å². The Bertz CT molecular complexity index is 397. The number of morpholine rings is 1. The van der Waals surface area contributed by atoms with Crippen LogP contribution in [-0.2, 0) is 14.3 Å². The van der Waals surface area contributed by atoms with Gasteiger partial charge in [0.2, 0.25) is 5.91 Å². The van der Waals surface area contributed by atoms with Gasteiger partial charge in [0.05, 0.1) is 25.7 Å². The average Bonchev–Trinajstić information content (AvgIpc) is 2.25. The molecule has 1 unspecified atom stereocenters. The van der Waals surface area contributed by atoms with E-state index in [4.69, 9.17) is 15.6 Å². The van der Waals surface area contributed by atoms with Gasteiger partial charge in [0.25, 0.3) is 0 Å². The number of primary amides is 1. The third-order valence-electron chi connectivity index (χ3n) is 2.96. The number of hydrogen-bond donors (Lipinski definition) is 3. The second kappa shape index (κ2) is 6.56. The molecule has 8 nitrogen and oxygen atoms in total. The number of carbonyl (C=O) groups is 3. The van der Waals surface area contributed by atoms with Crippen molar-refractivity contribution in [1.29, 1.82) is 0 Å². The fourth-order valence-electron chi connectivity index (χ4n) is 2.13. The first-order valence-electron chi connectivity index (χ1n) is 6.38. The van der Waals surface area contributed by atoms with Gasteiger partial charge in [0, 0.05) is 18.5 Å². The number of carboxylic acid groups (broad SMARTS) is 1. The molecule has 0 aliphatic carbocycles. The van der Waals surface area contributed by atoms with Crippen molar-refractivity contribution in [3.63, 3.8) is 0 Å². The SMILES string of the molecule is CC(C)(CC(N)=O)NC(=O)N1CCOCC1CC(=O)O. The lowest BCUT2D eigenvalue weighted by molar-refractivity contribution is -0.139. The van der Waals surface area contributed by atoms with Crippen LogP contribution in [0.3, 0.4) is 0 Å². The summed E-state index contributed by atoms with van der Waals surface area (Å²) < 4.78 is 5.20. The number of nitrogens with one attached hydrogen (secondary N) is 1. The molecular formula is C12H21N3O5. The Hall–Kier alpha value is -1.83. The van der Waals surface area contributed by atoms with E-state index < -0.39 is 29.5 Å². The maximum absolute atomic E-state index is 12.2. The lowest BCUT2D eigenvalue weighted by Crippen LogP contribution is -2.57. The summed E-state index contributed by atoms with van der Waals surface area (Å²) in [5, 5.41) is 11.5. The summed E-state index contributed by atoms with van der Waals surface area (Å²) >= 11 is 0. The van der Waals surface area contributed by atoms with Crippen molar-refractivity contribution in [2.75, 3.05) is 19.8 Å². The lowest BCUT2D eigenvalue weighted by Gasteiger charge is -2.37. The molecular weight excluding hydrogens is 266 g/mol. The summed E-state index contributed by atoms with van der Waals surface area (Å²) in [6.07, 6.45) is -0.170. The van der Waals surface area contributed by atoms with Crippen LogP contribution in [0.15, 0.2) is 0 Å². The number of carboxylic acids is 1. The standard InChI is InChI=1S/C12H21N3O5/c1-12(2,6-9(13)16)14-11(19)15-3-4-20-7-8(15)5-10(17)18/h8H,3-7H2,1-2H3,(H2,13,16)(H,14,19)(H,17,18). The topological polar surface area (TPSA) is 122 Å². The van der Waals surface area contributed by atoms with Crippen LogP contribution >= 0.6 is 0 Å². The molecule has 0 aromatic carbocycles. The Balaban J connectivity index is 2.67. The molecule has 20 heavy (non-hydrogen) atoms. The summed E-state index contributed by atoms with van der Waals surface area (Å²) in [5.41, 5.74) is 4.34. The first-order valence-corrected chi connectivity index (χ1v) is 6.38. The molecule has 0 aromatic rings. The summed E-state index contributed by atoms with van der Waals surface area (Å²) in [4.78, 5) is 35.4. The fourth-order valence-corrected chi connectivity index (χ4v) is 2.13. The number of carbonyl (C=O) groups excluding carboxylic acids is 2. The quantitative estimate of drug-likeness (QED) is 0.630. The van der Waals surface area contributed by atoms with Gasteiger partial charge in [-0.2, -0.15) is 0 Å². The maximum atomic E-state index is 12.2. The molecule has 0 bridgehead atoms.